The molecule has 1 aromatic heterocycles. The van der Waals surface area contributed by atoms with Gasteiger partial charge in [0.2, 0.25) is 0 Å². The van der Waals surface area contributed by atoms with E-state index in [0.717, 1.165) is 12.0 Å². The van der Waals surface area contributed by atoms with Crippen molar-refractivity contribution >= 4 is 12.0 Å². The minimum absolute atomic E-state index is 0.335. The van der Waals surface area contributed by atoms with Gasteiger partial charge in [-0.1, -0.05) is 24.3 Å². The van der Waals surface area contributed by atoms with Crippen LogP contribution in [0.1, 0.15) is 23.6 Å². The van der Waals surface area contributed by atoms with E-state index in [0.29, 0.717) is 5.57 Å². The van der Waals surface area contributed by atoms with E-state index in [2.05, 4.69) is 4.98 Å². The minimum Gasteiger partial charge on any atom is -0.478 e. The summed E-state index contributed by atoms with van der Waals surface area (Å²) in [5.74, 6) is -0.888. The summed E-state index contributed by atoms with van der Waals surface area (Å²) in [6.07, 6.45) is 6.08. The summed E-state index contributed by atoms with van der Waals surface area (Å²) in [6, 6.07) is 11.9. The molecule has 0 bridgehead atoms. The summed E-state index contributed by atoms with van der Waals surface area (Å²) in [7, 11) is 0. The molecule has 0 unspecified atom stereocenters. The van der Waals surface area contributed by atoms with E-state index in [-0.39, 0.29) is 0 Å². The number of benzene rings is 1. The zero-order chi connectivity index (χ0) is 13.7. The molecular weight excluding hydrogens is 238 g/mol. The second kappa shape index (κ2) is 5.96. The normalized spacial score (nSPS) is 11.3. The van der Waals surface area contributed by atoms with Gasteiger partial charge in [-0.3, -0.25) is 4.98 Å². The van der Waals surface area contributed by atoms with E-state index in [4.69, 9.17) is 5.11 Å². The van der Waals surface area contributed by atoms with Crippen molar-refractivity contribution in [1.29, 1.82) is 0 Å². The number of carboxylic acids is 1. The average molecular weight is 253 g/mol. The topological polar surface area (TPSA) is 50.2 Å². The molecule has 0 aliphatic carbocycles. The standard InChI is InChI=1S/C16H15NO2/c1-12(16(18)19)10-13-2-4-14(5-3-13)11-15-6-8-17-9-7-15/h2-10H,11H2,1H3,(H,18,19)/b12-10+. The Kier molecular flexibility index (Phi) is 4.08. The zero-order valence-electron chi connectivity index (χ0n) is 10.7. The Hall–Kier alpha value is -2.42. The Morgan fingerprint density at radius 2 is 1.68 bits per heavy atom. The quantitative estimate of drug-likeness (QED) is 0.851. The van der Waals surface area contributed by atoms with Gasteiger partial charge in [-0.2, -0.15) is 0 Å². The highest BCUT2D eigenvalue weighted by Crippen LogP contribution is 2.12. The monoisotopic (exact) mass is 253 g/mol. The van der Waals surface area contributed by atoms with Crippen molar-refractivity contribution in [2.75, 3.05) is 0 Å². The first-order valence-electron chi connectivity index (χ1n) is 6.04. The lowest BCUT2D eigenvalue weighted by Crippen LogP contribution is -1.95. The van der Waals surface area contributed by atoms with Gasteiger partial charge in [-0.05, 0) is 48.2 Å². The van der Waals surface area contributed by atoms with Crippen molar-refractivity contribution in [2.45, 2.75) is 13.3 Å². The van der Waals surface area contributed by atoms with Crippen LogP contribution in [-0.2, 0) is 11.2 Å². The van der Waals surface area contributed by atoms with Gasteiger partial charge in [-0.15, -0.1) is 0 Å². The Bertz CT molecular complexity index is 586. The molecule has 2 rings (SSSR count). The van der Waals surface area contributed by atoms with E-state index in [9.17, 15) is 4.79 Å². The van der Waals surface area contributed by atoms with Crippen molar-refractivity contribution in [3.8, 4) is 0 Å². The van der Waals surface area contributed by atoms with Crippen molar-refractivity contribution in [2.24, 2.45) is 0 Å². The number of aliphatic carboxylic acids is 1. The third kappa shape index (κ3) is 3.78. The molecule has 0 atom stereocenters. The SMILES string of the molecule is C/C(=C\c1ccc(Cc2ccncc2)cc1)C(=O)O. The Morgan fingerprint density at radius 1 is 1.11 bits per heavy atom. The van der Waals surface area contributed by atoms with E-state index < -0.39 is 5.97 Å². The highest BCUT2D eigenvalue weighted by molar-refractivity contribution is 5.91. The van der Waals surface area contributed by atoms with E-state index in [1.807, 2.05) is 36.4 Å². The Balaban J connectivity index is 2.11. The first-order chi connectivity index (χ1) is 9.15. The highest BCUT2D eigenvalue weighted by Gasteiger charge is 2.00. The van der Waals surface area contributed by atoms with E-state index in [1.165, 1.54) is 11.1 Å². The maximum Gasteiger partial charge on any atom is 0.331 e. The molecule has 0 saturated carbocycles. The van der Waals surface area contributed by atoms with Crippen LogP contribution in [0.5, 0.6) is 0 Å². The lowest BCUT2D eigenvalue weighted by molar-refractivity contribution is -0.132. The molecule has 1 aromatic carbocycles. The fourth-order valence-corrected chi connectivity index (χ4v) is 1.78. The predicted molar refractivity (Wildman–Crippen MR) is 74.8 cm³/mol. The number of aromatic nitrogens is 1. The number of carbonyl (C=O) groups is 1. The summed E-state index contributed by atoms with van der Waals surface area (Å²) in [5.41, 5.74) is 3.64. The van der Waals surface area contributed by atoms with Gasteiger partial charge in [0.15, 0.2) is 0 Å². The second-order valence-corrected chi connectivity index (χ2v) is 4.41. The summed E-state index contributed by atoms with van der Waals surface area (Å²) in [4.78, 5) is 14.7. The Labute approximate surface area is 112 Å². The van der Waals surface area contributed by atoms with Crippen LogP contribution >= 0.6 is 0 Å². The number of hydrogen-bond donors (Lipinski definition) is 1. The molecule has 0 spiro atoms. The molecule has 0 saturated heterocycles. The van der Waals surface area contributed by atoms with Gasteiger partial charge in [0.25, 0.3) is 0 Å². The van der Waals surface area contributed by atoms with Gasteiger partial charge < -0.3 is 5.11 Å². The summed E-state index contributed by atoms with van der Waals surface area (Å²) in [6.45, 7) is 1.59. The fourth-order valence-electron chi connectivity index (χ4n) is 1.78. The number of carboxylic acid groups (broad SMARTS) is 1. The molecule has 0 amide bonds. The molecule has 0 fully saturated rings. The molecule has 19 heavy (non-hydrogen) atoms. The van der Waals surface area contributed by atoms with Crippen molar-refractivity contribution in [3.05, 3.63) is 71.1 Å². The first-order valence-corrected chi connectivity index (χ1v) is 6.04. The van der Waals surface area contributed by atoms with Crippen LogP contribution in [0, 0.1) is 0 Å². The number of hydrogen-bond acceptors (Lipinski definition) is 2. The molecule has 0 aliphatic rings. The number of rotatable bonds is 4. The van der Waals surface area contributed by atoms with Crippen LogP contribution in [0.15, 0.2) is 54.4 Å². The van der Waals surface area contributed by atoms with E-state index in [1.54, 1.807) is 25.4 Å². The molecule has 3 nitrogen and oxygen atoms in total. The van der Waals surface area contributed by atoms with Crippen LogP contribution < -0.4 is 0 Å². The van der Waals surface area contributed by atoms with Gasteiger partial charge in [0.05, 0.1) is 0 Å². The molecule has 0 radical (unpaired) electrons. The average Bonchev–Trinajstić information content (AvgIpc) is 2.42. The lowest BCUT2D eigenvalue weighted by Gasteiger charge is -2.02. The molecule has 96 valence electrons. The van der Waals surface area contributed by atoms with Crippen molar-refractivity contribution < 1.29 is 9.90 Å². The third-order valence-electron chi connectivity index (χ3n) is 2.86. The largest absolute Gasteiger partial charge is 0.478 e. The number of nitrogens with zero attached hydrogens (tertiary/aromatic N) is 1. The molecular formula is C16H15NO2. The highest BCUT2D eigenvalue weighted by atomic mass is 16.4. The van der Waals surface area contributed by atoms with Crippen LogP contribution in [0.2, 0.25) is 0 Å². The van der Waals surface area contributed by atoms with Crippen molar-refractivity contribution in [3.63, 3.8) is 0 Å². The summed E-state index contributed by atoms with van der Waals surface area (Å²) in [5, 5.41) is 8.82. The van der Waals surface area contributed by atoms with Gasteiger partial charge >= 0.3 is 5.97 Å². The molecule has 0 aliphatic heterocycles. The van der Waals surface area contributed by atoms with Gasteiger partial charge in [0, 0.05) is 18.0 Å². The second-order valence-electron chi connectivity index (χ2n) is 4.41. The summed E-state index contributed by atoms with van der Waals surface area (Å²) >= 11 is 0. The third-order valence-corrected chi connectivity index (χ3v) is 2.86. The zero-order valence-corrected chi connectivity index (χ0v) is 10.7. The molecule has 1 N–H and O–H groups in total. The first kappa shape index (κ1) is 13.0. The molecule has 1 heterocycles. The smallest absolute Gasteiger partial charge is 0.331 e. The van der Waals surface area contributed by atoms with Crippen LogP contribution in [-0.4, -0.2) is 16.1 Å². The molecule has 3 heteroatoms. The van der Waals surface area contributed by atoms with E-state index >= 15 is 0 Å². The maximum absolute atomic E-state index is 10.7. The van der Waals surface area contributed by atoms with Gasteiger partial charge in [-0.25, -0.2) is 4.79 Å². The van der Waals surface area contributed by atoms with Crippen LogP contribution in [0.25, 0.3) is 6.08 Å². The fraction of sp³-hybridized carbons (Fsp3) is 0.125. The molecule has 2 aromatic rings. The van der Waals surface area contributed by atoms with Gasteiger partial charge in [0.1, 0.15) is 0 Å². The lowest BCUT2D eigenvalue weighted by atomic mass is 10.0. The number of pyridine rings is 1. The van der Waals surface area contributed by atoms with Crippen LogP contribution in [0.3, 0.4) is 0 Å². The minimum atomic E-state index is -0.888. The predicted octanol–water partition coefficient (Wildman–Crippen LogP) is 3.16. The summed E-state index contributed by atoms with van der Waals surface area (Å²) < 4.78 is 0. The Morgan fingerprint density at radius 3 is 2.26 bits per heavy atom. The maximum atomic E-state index is 10.7. The van der Waals surface area contributed by atoms with Crippen LogP contribution in [0.4, 0.5) is 0 Å². The van der Waals surface area contributed by atoms with Crippen molar-refractivity contribution in [1.82, 2.24) is 4.98 Å².